The lowest BCUT2D eigenvalue weighted by Crippen LogP contribution is -2.19. The normalized spacial score (nSPS) is 10.7. The Hall–Kier alpha value is -4.72. The van der Waals surface area contributed by atoms with Gasteiger partial charge in [-0.3, -0.25) is 4.79 Å². The first-order valence-corrected chi connectivity index (χ1v) is 9.87. The highest BCUT2D eigenvalue weighted by molar-refractivity contribution is 6.14. The average molecular weight is 485 g/mol. The van der Waals surface area contributed by atoms with Crippen LogP contribution in [0.5, 0.6) is 11.5 Å². The summed E-state index contributed by atoms with van der Waals surface area (Å²) in [6.45, 7) is 0. The number of nitrogens with zero attached hydrogens (tertiary/aromatic N) is 1. The number of carbonyl (C=O) groups excluding carboxylic acids is 1. The number of aromatic carboxylic acids is 1. The van der Waals surface area contributed by atoms with E-state index in [2.05, 4.69) is 10.6 Å². The molecule has 0 aliphatic rings. The maximum absolute atomic E-state index is 13.4. The third-order valence-electron chi connectivity index (χ3n) is 4.90. The number of rotatable bonds is 7. The standard InChI is InChI=1S/C24H18F3N3O5/c1-34-18-9-10-19(35-2)21(23(32)33)20(18)22(31)30-17-11-14(24(25,26)27)5-8-16(17)29-15-6-3-13(12-28)4-7-15/h3-11,29H,1-2H3,(H,30,31)(H,32,33). The summed E-state index contributed by atoms with van der Waals surface area (Å²) in [7, 11) is 2.43. The fourth-order valence-corrected chi connectivity index (χ4v) is 3.24. The molecule has 3 aromatic rings. The number of halogens is 3. The Kier molecular flexibility index (Phi) is 7.15. The van der Waals surface area contributed by atoms with Crippen LogP contribution in [0.4, 0.5) is 30.2 Å². The Morgan fingerprint density at radius 3 is 2.03 bits per heavy atom. The number of hydrogen-bond donors (Lipinski definition) is 3. The Balaban J connectivity index is 2.09. The molecule has 11 heteroatoms. The monoisotopic (exact) mass is 485 g/mol. The zero-order valence-corrected chi connectivity index (χ0v) is 18.4. The fraction of sp³-hybridized carbons (Fsp3) is 0.125. The van der Waals surface area contributed by atoms with Gasteiger partial charge in [0.1, 0.15) is 17.1 Å². The SMILES string of the molecule is COc1ccc(OC)c(C(=O)Nc2cc(C(F)(F)F)ccc2Nc2ccc(C#N)cc2)c1C(=O)O. The Labute approximate surface area is 197 Å². The quantitative estimate of drug-likeness (QED) is 0.416. The van der Waals surface area contributed by atoms with Gasteiger partial charge < -0.3 is 25.2 Å². The summed E-state index contributed by atoms with van der Waals surface area (Å²) in [6, 6.07) is 13.3. The fourth-order valence-electron chi connectivity index (χ4n) is 3.24. The lowest BCUT2D eigenvalue weighted by atomic mass is 10.0. The van der Waals surface area contributed by atoms with Crippen LogP contribution in [0.3, 0.4) is 0 Å². The van der Waals surface area contributed by atoms with Crippen LogP contribution in [0.1, 0.15) is 31.8 Å². The predicted octanol–water partition coefficient (Wildman–Crippen LogP) is 5.29. The molecular weight excluding hydrogens is 467 g/mol. The van der Waals surface area contributed by atoms with Crippen molar-refractivity contribution in [2.75, 3.05) is 24.9 Å². The molecule has 0 saturated carbocycles. The van der Waals surface area contributed by atoms with Crippen LogP contribution in [-0.2, 0) is 6.18 Å². The first-order chi connectivity index (χ1) is 16.6. The van der Waals surface area contributed by atoms with E-state index >= 15 is 0 Å². The highest BCUT2D eigenvalue weighted by atomic mass is 19.4. The van der Waals surface area contributed by atoms with Crippen LogP contribution in [0, 0.1) is 11.3 Å². The van der Waals surface area contributed by atoms with Crippen molar-refractivity contribution < 1.29 is 37.3 Å². The molecule has 35 heavy (non-hydrogen) atoms. The lowest BCUT2D eigenvalue weighted by molar-refractivity contribution is -0.137. The second kappa shape index (κ2) is 10.0. The molecule has 1 amide bonds. The van der Waals surface area contributed by atoms with E-state index in [4.69, 9.17) is 14.7 Å². The number of amides is 1. The van der Waals surface area contributed by atoms with Crippen LogP contribution in [0.25, 0.3) is 0 Å². The number of carboxylic acids is 1. The van der Waals surface area contributed by atoms with Crippen molar-refractivity contribution in [3.05, 3.63) is 76.9 Å². The van der Waals surface area contributed by atoms with Crippen molar-refractivity contribution in [3.8, 4) is 17.6 Å². The molecule has 0 aromatic heterocycles. The van der Waals surface area contributed by atoms with Gasteiger partial charge in [-0.15, -0.1) is 0 Å². The highest BCUT2D eigenvalue weighted by Gasteiger charge is 2.32. The molecule has 0 spiro atoms. The van der Waals surface area contributed by atoms with Gasteiger partial charge in [-0.2, -0.15) is 18.4 Å². The summed E-state index contributed by atoms with van der Waals surface area (Å²) < 4.78 is 50.3. The second-order valence-electron chi connectivity index (χ2n) is 7.05. The van der Waals surface area contributed by atoms with Crippen molar-refractivity contribution >= 4 is 28.9 Å². The van der Waals surface area contributed by atoms with Crippen LogP contribution in [0.15, 0.2) is 54.6 Å². The summed E-state index contributed by atoms with van der Waals surface area (Å²) in [5, 5.41) is 23.8. The maximum Gasteiger partial charge on any atom is 0.416 e. The van der Waals surface area contributed by atoms with Crippen molar-refractivity contribution in [1.29, 1.82) is 5.26 Å². The minimum atomic E-state index is -4.70. The predicted molar refractivity (Wildman–Crippen MR) is 120 cm³/mol. The second-order valence-corrected chi connectivity index (χ2v) is 7.05. The highest BCUT2D eigenvalue weighted by Crippen LogP contribution is 2.37. The van der Waals surface area contributed by atoms with Crippen LogP contribution >= 0.6 is 0 Å². The van der Waals surface area contributed by atoms with Crippen molar-refractivity contribution in [1.82, 2.24) is 0 Å². The minimum absolute atomic E-state index is 0.0924. The van der Waals surface area contributed by atoms with Crippen molar-refractivity contribution in [2.24, 2.45) is 0 Å². The van der Waals surface area contributed by atoms with Gasteiger partial charge in [-0.1, -0.05) is 0 Å². The van der Waals surface area contributed by atoms with E-state index in [0.29, 0.717) is 11.3 Å². The van der Waals surface area contributed by atoms with Gasteiger partial charge in [0.15, 0.2) is 0 Å². The molecule has 0 radical (unpaired) electrons. The molecule has 3 aromatic carbocycles. The third-order valence-corrected chi connectivity index (χ3v) is 4.90. The third kappa shape index (κ3) is 5.44. The van der Waals surface area contributed by atoms with Gasteiger partial charge in [-0.25, -0.2) is 4.79 Å². The van der Waals surface area contributed by atoms with E-state index in [1.54, 1.807) is 0 Å². The van der Waals surface area contributed by atoms with Gasteiger partial charge in [0, 0.05) is 5.69 Å². The largest absolute Gasteiger partial charge is 0.496 e. The summed E-state index contributed by atoms with van der Waals surface area (Å²) in [5.74, 6) is -2.77. The number of ether oxygens (including phenoxy) is 2. The molecule has 0 aliphatic carbocycles. The average Bonchev–Trinajstić information content (AvgIpc) is 2.83. The molecule has 0 fully saturated rings. The molecule has 0 bridgehead atoms. The maximum atomic E-state index is 13.4. The Morgan fingerprint density at radius 1 is 0.914 bits per heavy atom. The molecule has 3 rings (SSSR count). The van der Waals surface area contributed by atoms with Crippen LogP contribution in [-0.4, -0.2) is 31.2 Å². The van der Waals surface area contributed by atoms with Crippen molar-refractivity contribution in [2.45, 2.75) is 6.18 Å². The lowest BCUT2D eigenvalue weighted by Gasteiger charge is -2.18. The van der Waals surface area contributed by atoms with E-state index in [9.17, 15) is 27.9 Å². The number of methoxy groups -OCH3 is 2. The molecular formula is C24H18F3N3O5. The summed E-state index contributed by atoms with van der Waals surface area (Å²) >= 11 is 0. The zero-order valence-electron chi connectivity index (χ0n) is 18.4. The van der Waals surface area contributed by atoms with E-state index in [-0.39, 0.29) is 22.9 Å². The van der Waals surface area contributed by atoms with E-state index in [1.165, 1.54) is 50.6 Å². The van der Waals surface area contributed by atoms with Gasteiger partial charge in [0.25, 0.3) is 5.91 Å². The number of anilines is 3. The molecule has 180 valence electrons. The zero-order chi connectivity index (χ0) is 25.8. The van der Waals surface area contributed by atoms with Gasteiger partial charge in [-0.05, 0) is 54.6 Å². The summed E-state index contributed by atoms with van der Waals surface area (Å²) in [6.07, 6.45) is -4.70. The smallest absolute Gasteiger partial charge is 0.416 e. The van der Waals surface area contributed by atoms with Gasteiger partial charge >= 0.3 is 12.1 Å². The number of nitrogens with one attached hydrogen (secondary N) is 2. The van der Waals surface area contributed by atoms with E-state index in [0.717, 1.165) is 18.2 Å². The Morgan fingerprint density at radius 2 is 1.51 bits per heavy atom. The number of carboxylic acid groups (broad SMARTS) is 1. The van der Waals surface area contributed by atoms with Gasteiger partial charge in [0.05, 0.1) is 48.4 Å². The summed E-state index contributed by atoms with van der Waals surface area (Å²) in [5.41, 5.74) is -1.34. The minimum Gasteiger partial charge on any atom is -0.496 e. The molecule has 0 aliphatic heterocycles. The van der Waals surface area contributed by atoms with E-state index in [1.807, 2.05) is 6.07 Å². The Bertz CT molecular complexity index is 1320. The van der Waals surface area contributed by atoms with Crippen LogP contribution in [0.2, 0.25) is 0 Å². The van der Waals surface area contributed by atoms with Crippen LogP contribution < -0.4 is 20.1 Å². The number of carbonyl (C=O) groups is 2. The molecule has 0 heterocycles. The first kappa shape index (κ1) is 24.9. The first-order valence-electron chi connectivity index (χ1n) is 9.87. The number of alkyl halides is 3. The molecule has 0 saturated heterocycles. The molecule has 0 unspecified atom stereocenters. The molecule has 0 atom stereocenters. The molecule has 8 nitrogen and oxygen atoms in total. The van der Waals surface area contributed by atoms with Gasteiger partial charge in [0.2, 0.25) is 0 Å². The molecule has 3 N–H and O–H groups in total. The van der Waals surface area contributed by atoms with E-state index < -0.39 is 34.7 Å². The topological polar surface area (TPSA) is 121 Å². The van der Waals surface area contributed by atoms with Crippen molar-refractivity contribution in [3.63, 3.8) is 0 Å². The number of benzene rings is 3. The number of hydrogen-bond acceptors (Lipinski definition) is 6. The summed E-state index contributed by atoms with van der Waals surface area (Å²) in [4.78, 5) is 25.1. The number of nitriles is 1.